The van der Waals surface area contributed by atoms with Crippen LogP contribution >= 0.6 is 11.8 Å². The zero-order valence-corrected chi connectivity index (χ0v) is 11.3. The van der Waals surface area contributed by atoms with Crippen LogP contribution in [0, 0.1) is 0 Å². The molecule has 1 amide bonds. The average molecular weight is 243 g/mol. The molecule has 1 heterocycles. The van der Waals surface area contributed by atoms with Gasteiger partial charge in [-0.3, -0.25) is 9.79 Å². The fraction of sp³-hybridized carbons (Fsp3) is 0.818. The van der Waals surface area contributed by atoms with Gasteiger partial charge < -0.3 is 10.6 Å². The summed E-state index contributed by atoms with van der Waals surface area (Å²) in [5.41, 5.74) is 0.0958. The van der Waals surface area contributed by atoms with Gasteiger partial charge in [0, 0.05) is 17.3 Å². The normalized spacial score (nSPS) is 21.9. The Morgan fingerprint density at radius 2 is 2.31 bits per heavy atom. The standard InChI is InChI=1S/C11H21N3OS/c1-8(2)13-9(15)7-12-10-14-11(3,4)5-6-16-10/h8H,5-7H2,1-4H3,(H,12,14)(H,13,15). The summed E-state index contributed by atoms with van der Waals surface area (Å²) in [4.78, 5) is 15.7. The second kappa shape index (κ2) is 5.57. The first-order valence-corrected chi connectivity index (χ1v) is 6.62. The molecule has 0 aromatic rings. The number of thioether (sulfide) groups is 1. The van der Waals surface area contributed by atoms with Crippen molar-refractivity contribution in [3.63, 3.8) is 0 Å². The molecule has 4 nitrogen and oxygen atoms in total. The van der Waals surface area contributed by atoms with Gasteiger partial charge in [0.25, 0.3) is 0 Å². The third-order valence-corrected chi connectivity index (χ3v) is 3.14. The van der Waals surface area contributed by atoms with Crippen LogP contribution in [0.25, 0.3) is 0 Å². The first-order valence-electron chi connectivity index (χ1n) is 5.64. The molecule has 1 aliphatic heterocycles. The number of amides is 1. The van der Waals surface area contributed by atoms with E-state index in [1.54, 1.807) is 11.8 Å². The Morgan fingerprint density at radius 1 is 1.62 bits per heavy atom. The minimum Gasteiger partial charge on any atom is -0.360 e. The second-order valence-corrected chi connectivity index (χ2v) is 6.03. The Labute approximate surface area is 102 Å². The summed E-state index contributed by atoms with van der Waals surface area (Å²) < 4.78 is 0. The number of hydrogen-bond acceptors (Lipinski definition) is 3. The van der Waals surface area contributed by atoms with Crippen LogP contribution in [0.3, 0.4) is 0 Å². The zero-order chi connectivity index (χ0) is 12.2. The van der Waals surface area contributed by atoms with E-state index in [0.29, 0.717) is 0 Å². The maximum Gasteiger partial charge on any atom is 0.241 e. The van der Waals surface area contributed by atoms with E-state index >= 15 is 0 Å². The summed E-state index contributed by atoms with van der Waals surface area (Å²) in [5.74, 6) is 1.04. The first kappa shape index (κ1) is 13.4. The summed E-state index contributed by atoms with van der Waals surface area (Å²) in [6, 6.07) is 0.177. The fourth-order valence-corrected chi connectivity index (χ4v) is 2.70. The largest absolute Gasteiger partial charge is 0.360 e. The molecule has 0 aromatic carbocycles. The van der Waals surface area contributed by atoms with E-state index in [-0.39, 0.29) is 24.0 Å². The van der Waals surface area contributed by atoms with Crippen LogP contribution in [-0.2, 0) is 4.79 Å². The highest BCUT2D eigenvalue weighted by molar-refractivity contribution is 8.13. The Hall–Kier alpha value is -0.710. The van der Waals surface area contributed by atoms with Crippen molar-refractivity contribution in [2.24, 2.45) is 4.99 Å². The van der Waals surface area contributed by atoms with Crippen molar-refractivity contribution in [2.75, 3.05) is 12.3 Å². The molecule has 92 valence electrons. The Morgan fingerprint density at radius 3 is 2.88 bits per heavy atom. The molecule has 1 rings (SSSR count). The Balaban J connectivity index is 2.42. The Bertz CT molecular complexity index is 287. The van der Waals surface area contributed by atoms with Gasteiger partial charge in [-0.15, -0.1) is 0 Å². The molecule has 1 aliphatic rings. The van der Waals surface area contributed by atoms with E-state index in [1.165, 1.54) is 0 Å². The number of rotatable bonds is 3. The quantitative estimate of drug-likeness (QED) is 0.787. The monoisotopic (exact) mass is 243 g/mol. The smallest absolute Gasteiger partial charge is 0.241 e. The predicted molar refractivity (Wildman–Crippen MR) is 69.9 cm³/mol. The van der Waals surface area contributed by atoms with Crippen molar-refractivity contribution in [1.29, 1.82) is 0 Å². The molecule has 16 heavy (non-hydrogen) atoms. The van der Waals surface area contributed by atoms with E-state index in [0.717, 1.165) is 17.3 Å². The molecule has 1 saturated heterocycles. The number of carbonyl (C=O) groups excluding carboxylic acids is 1. The van der Waals surface area contributed by atoms with Gasteiger partial charge in [0.05, 0.1) is 0 Å². The number of nitrogens with zero attached hydrogens (tertiary/aromatic N) is 1. The van der Waals surface area contributed by atoms with E-state index in [9.17, 15) is 4.79 Å². The minimum atomic E-state index is -0.0201. The second-order valence-electron chi connectivity index (χ2n) is 4.95. The highest BCUT2D eigenvalue weighted by Gasteiger charge is 2.24. The van der Waals surface area contributed by atoms with E-state index in [4.69, 9.17) is 0 Å². The molecule has 0 radical (unpaired) electrons. The van der Waals surface area contributed by atoms with Gasteiger partial charge in [-0.1, -0.05) is 11.8 Å². The van der Waals surface area contributed by atoms with Crippen LogP contribution in [0.4, 0.5) is 0 Å². The Kier molecular flexibility index (Phi) is 4.65. The van der Waals surface area contributed by atoms with Gasteiger partial charge in [0.15, 0.2) is 5.17 Å². The highest BCUT2D eigenvalue weighted by atomic mass is 32.2. The fourth-order valence-electron chi connectivity index (χ4n) is 1.39. The molecule has 2 N–H and O–H groups in total. The van der Waals surface area contributed by atoms with Gasteiger partial charge in [-0.05, 0) is 34.1 Å². The van der Waals surface area contributed by atoms with Gasteiger partial charge in [0.2, 0.25) is 5.91 Å². The van der Waals surface area contributed by atoms with E-state index in [2.05, 4.69) is 29.5 Å². The lowest BCUT2D eigenvalue weighted by molar-refractivity contribution is -0.120. The molecule has 0 unspecified atom stereocenters. The van der Waals surface area contributed by atoms with Gasteiger partial charge in [0.1, 0.15) is 6.54 Å². The summed E-state index contributed by atoms with van der Waals surface area (Å²) >= 11 is 1.69. The molecule has 1 fully saturated rings. The molecule has 0 aromatic heterocycles. The van der Waals surface area contributed by atoms with Crippen molar-refractivity contribution in [3.8, 4) is 0 Å². The van der Waals surface area contributed by atoms with E-state index in [1.807, 2.05) is 13.8 Å². The zero-order valence-electron chi connectivity index (χ0n) is 10.5. The lowest BCUT2D eigenvalue weighted by Crippen LogP contribution is -2.46. The van der Waals surface area contributed by atoms with Crippen molar-refractivity contribution in [3.05, 3.63) is 0 Å². The van der Waals surface area contributed by atoms with Crippen molar-refractivity contribution >= 4 is 22.8 Å². The van der Waals surface area contributed by atoms with Crippen molar-refractivity contribution in [2.45, 2.75) is 45.7 Å². The number of carbonyl (C=O) groups is 1. The molecule has 0 atom stereocenters. The molecule has 5 heteroatoms. The summed E-state index contributed by atoms with van der Waals surface area (Å²) in [6.45, 7) is 8.40. The van der Waals surface area contributed by atoms with Crippen molar-refractivity contribution in [1.82, 2.24) is 10.6 Å². The molecular formula is C11H21N3OS. The van der Waals surface area contributed by atoms with E-state index < -0.39 is 0 Å². The maximum atomic E-state index is 11.4. The topological polar surface area (TPSA) is 53.5 Å². The SMILES string of the molecule is CC(C)NC(=O)CN=C1NC(C)(C)CCS1. The van der Waals surface area contributed by atoms with Crippen LogP contribution in [-0.4, -0.2) is 35.0 Å². The number of aliphatic imine (C=N–C) groups is 1. The molecular weight excluding hydrogens is 222 g/mol. The van der Waals surface area contributed by atoms with Crippen LogP contribution in [0.5, 0.6) is 0 Å². The lowest BCUT2D eigenvalue weighted by Gasteiger charge is -2.32. The average Bonchev–Trinajstić information content (AvgIpc) is 2.12. The third kappa shape index (κ3) is 4.88. The number of amidine groups is 1. The van der Waals surface area contributed by atoms with Crippen LogP contribution in [0.1, 0.15) is 34.1 Å². The van der Waals surface area contributed by atoms with Gasteiger partial charge in [-0.25, -0.2) is 0 Å². The summed E-state index contributed by atoms with van der Waals surface area (Å²) in [7, 11) is 0. The lowest BCUT2D eigenvalue weighted by atomic mass is 10.0. The maximum absolute atomic E-state index is 11.4. The van der Waals surface area contributed by atoms with Crippen LogP contribution in [0.15, 0.2) is 4.99 Å². The highest BCUT2D eigenvalue weighted by Crippen LogP contribution is 2.21. The summed E-state index contributed by atoms with van der Waals surface area (Å²) in [6.07, 6.45) is 1.12. The van der Waals surface area contributed by atoms with Crippen molar-refractivity contribution < 1.29 is 4.79 Å². The van der Waals surface area contributed by atoms with Gasteiger partial charge >= 0.3 is 0 Å². The summed E-state index contributed by atoms with van der Waals surface area (Å²) in [5, 5.41) is 7.04. The van der Waals surface area contributed by atoms with Gasteiger partial charge in [-0.2, -0.15) is 0 Å². The third-order valence-electron chi connectivity index (χ3n) is 2.23. The van der Waals surface area contributed by atoms with Crippen LogP contribution < -0.4 is 10.6 Å². The minimum absolute atomic E-state index is 0.0201. The molecule has 0 bridgehead atoms. The number of hydrogen-bond donors (Lipinski definition) is 2. The number of nitrogens with one attached hydrogen (secondary N) is 2. The molecule has 0 aliphatic carbocycles. The molecule has 0 spiro atoms. The first-order chi connectivity index (χ1) is 7.39. The van der Waals surface area contributed by atoms with Crippen LogP contribution in [0.2, 0.25) is 0 Å². The predicted octanol–water partition coefficient (Wildman–Crippen LogP) is 1.37. The molecule has 0 saturated carbocycles.